The first-order valence-corrected chi connectivity index (χ1v) is 12.1. The van der Waals surface area contributed by atoms with E-state index in [2.05, 4.69) is 63.9 Å². The van der Waals surface area contributed by atoms with E-state index in [9.17, 15) is 0 Å². The third-order valence-corrected chi connectivity index (χ3v) is 8.89. The Hall–Kier alpha value is 0.758. The largest absolute Gasteiger partial charge is 0.358 e. The van der Waals surface area contributed by atoms with Crippen LogP contribution in [0.3, 0.4) is 0 Å². The molecule has 1 aromatic rings. The molecular weight excluding hydrogens is 313 g/mol. The summed E-state index contributed by atoms with van der Waals surface area (Å²) < 4.78 is 0. The Morgan fingerprint density at radius 3 is 1.59 bits per heavy atom. The van der Waals surface area contributed by atoms with Gasteiger partial charge in [-0.3, -0.25) is 0 Å². The predicted molar refractivity (Wildman–Crippen MR) is 82.9 cm³/mol. The minimum atomic E-state index is -1.36. The van der Waals surface area contributed by atoms with E-state index in [4.69, 9.17) is 0 Å². The topological polar surface area (TPSA) is 0 Å². The van der Waals surface area contributed by atoms with Gasteiger partial charge in [-0.2, -0.15) is 0 Å². The zero-order chi connectivity index (χ0) is 11.7. The molecule has 0 unspecified atom stereocenters. The van der Waals surface area contributed by atoms with Crippen LogP contribution in [0.2, 0.25) is 32.2 Å². The van der Waals surface area contributed by atoms with Crippen LogP contribution >= 0.6 is 0 Å². The SMILES string of the molecule is [CH2-][Si](C)(C)c1ccc([Si](C)(C)CC)cc1.[CH3-].[Y]. The maximum absolute atomic E-state index is 4.30. The number of benzene rings is 1. The molecule has 1 aromatic carbocycles. The summed E-state index contributed by atoms with van der Waals surface area (Å²) in [6.45, 7) is 16.1. The molecule has 0 nitrogen and oxygen atoms in total. The minimum absolute atomic E-state index is 0. The van der Waals surface area contributed by atoms with Gasteiger partial charge in [-0.05, 0) is 0 Å². The van der Waals surface area contributed by atoms with E-state index in [1.807, 2.05) is 0 Å². The van der Waals surface area contributed by atoms with E-state index in [0.29, 0.717) is 0 Å². The van der Waals surface area contributed by atoms with Crippen LogP contribution in [0, 0.1) is 14.0 Å². The standard InChI is InChI=1S/C13H23Si2.CH3.Y/c1-7-15(5,6)13-10-8-12(9-11-13)14(2,3)4;;/h8-11H,2,7H2,1,3-6H3;1H3;/q2*-1;. The van der Waals surface area contributed by atoms with Crippen LogP contribution in [0.15, 0.2) is 24.3 Å². The molecule has 0 aliphatic carbocycles. The Morgan fingerprint density at radius 2 is 1.29 bits per heavy atom. The molecule has 17 heavy (non-hydrogen) atoms. The minimum Gasteiger partial charge on any atom is -0.358 e. The van der Waals surface area contributed by atoms with Crippen molar-refractivity contribution in [3.8, 4) is 0 Å². The quantitative estimate of drug-likeness (QED) is 0.585. The van der Waals surface area contributed by atoms with E-state index >= 15 is 0 Å². The first kappa shape index (κ1) is 20.1. The Bertz CT molecular complexity index is 323. The number of hydrogen-bond donors (Lipinski definition) is 0. The molecule has 0 saturated heterocycles. The molecule has 1 radical (unpaired) electrons. The summed E-state index contributed by atoms with van der Waals surface area (Å²) in [5.41, 5.74) is 0. The molecule has 0 N–H and O–H groups in total. The monoisotopic (exact) mass is 339 g/mol. The number of rotatable bonds is 3. The molecule has 1 rings (SSSR count). The first-order chi connectivity index (χ1) is 6.77. The smallest absolute Gasteiger partial charge is 0.0803 e. The molecule has 0 aliphatic rings. The maximum Gasteiger partial charge on any atom is 0.0803 e. The number of hydrogen-bond acceptors (Lipinski definition) is 0. The predicted octanol–water partition coefficient (Wildman–Crippen LogP) is 3.36. The Kier molecular flexibility index (Phi) is 8.71. The van der Waals surface area contributed by atoms with Crippen LogP contribution in [-0.2, 0) is 32.7 Å². The second-order valence-corrected chi connectivity index (χ2v) is 15.1. The van der Waals surface area contributed by atoms with Crippen molar-refractivity contribution >= 4 is 26.5 Å². The van der Waals surface area contributed by atoms with Gasteiger partial charge < -0.3 is 14.0 Å². The van der Waals surface area contributed by atoms with Crippen molar-refractivity contribution in [2.45, 2.75) is 39.2 Å². The van der Waals surface area contributed by atoms with Crippen LogP contribution < -0.4 is 10.4 Å². The van der Waals surface area contributed by atoms with Crippen LogP contribution in [0.5, 0.6) is 0 Å². The normalized spacial score (nSPS) is 11.4. The zero-order valence-corrected chi connectivity index (χ0v) is 17.1. The van der Waals surface area contributed by atoms with Gasteiger partial charge >= 0.3 is 0 Å². The molecule has 0 saturated carbocycles. The van der Waals surface area contributed by atoms with Crippen LogP contribution in [0.25, 0.3) is 0 Å². The van der Waals surface area contributed by atoms with Crippen LogP contribution in [0.1, 0.15) is 6.92 Å². The summed E-state index contributed by atoms with van der Waals surface area (Å²) in [6, 6.07) is 10.6. The fourth-order valence-electron chi connectivity index (χ4n) is 1.58. The molecule has 0 spiro atoms. The van der Waals surface area contributed by atoms with E-state index in [-0.39, 0.29) is 40.1 Å². The molecule has 3 heteroatoms. The second kappa shape index (κ2) is 7.37. The molecule has 95 valence electrons. The molecular formula is C14H26Si2Y-2. The first-order valence-electron chi connectivity index (χ1n) is 5.74. The molecule has 0 fully saturated rings. The van der Waals surface area contributed by atoms with E-state index < -0.39 is 16.1 Å². The van der Waals surface area contributed by atoms with Crippen molar-refractivity contribution in [1.82, 2.24) is 0 Å². The van der Waals surface area contributed by atoms with E-state index in [1.165, 1.54) is 11.2 Å². The average Bonchev–Trinajstić information content (AvgIpc) is 2.17. The van der Waals surface area contributed by atoms with Crippen molar-refractivity contribution in [3.05, 3.63) is 38.2 Å². The summed E-state index contributed by atoms with van der Waals surface area (Å²) >= 11 is 0. The maximum atomic E-state index is 4.30. The van der Waals surface area contributed by atoms with Gasteiger partial charge in [0.1, 0.15) is 0 Å². The fraction of sp³-hybridized carbons (Fsp3) is 0.429. The Balaban J connectivity index is 0. The van der Waals surface area contributed by atoms with Crippen molar-refractivity contribution in [2.75, 3.05) is 0 Å². The van der Waals surface area contributed by atoms with Crippen molar-refractivity contribution in [3.63, 3.8) is 0 Å². The molecule has 0 atom stereocenters. The van der Waals surface area contributed by atoms with Gasteiger partial charge in [0.05, 0.1) is 8.07 Å². The zero-order valence-electron chi connectivity index (χ0n) is 12.3. The van der Waals surface area contributed by atoms with Gasteiger partial charge in [0.15, 0.2) is 0 Å². The van der Waals surface area contributed by atoms with E-state index in [1.54, 1.807) is 5.19 Å². The summed E-state index contributed by atoms with van der Waals surface area (Å²) in [7, 11) is -2.50. The molecule has 0 bridgehead atoms. The van der Waals surface area contributed by atoms with E-state index in [0.717, 1.165) is 0 Å². The summed E-state index contributed by atoms with van der Waals surface area (Å²) in [6.07, 6.45) is 0. The fourth-order valence-corrected chi connectivity index (χ4v) is 4.12. The van der Waals surface area contributed by atoms with Crippen molar-refractivity contribution in [2.24, 2.45) is 0 Å². The van der Waals surface area contributed by atoms with Gasteiger partial charge in [-0.25, -0.2) is 0 Å². The van der Waals surface area contributed by atoms with Crippen molar-refractivity contribution < 1.29 is 32.7 Å². The average molecular weight is 339 g/mol. The van der Waals surface area contributed by atoms with Gasteiger partial charge in [-0.1, -0.05) is 81.9 Å². The molecule has 0 aromatic heterocycles. The third-order valence-electron chi connectivity index (χ3n) is 3.33. The third kappa shape index (κ3) is 5.50. The van der Waals surface area contributed by atoms with Gasteiger partial charge in [0, 0.05) is 32.7 Å². The second-order valence-electron chi connectivity index (χ2n) is 5.70. The Labute approximate surface area is 136 Å². The summed E-state index contributed by atoms with van der Waals surface area (Å²) in [5.74, 6) is 0. The van der Waals surface area contributed by atoms with Crippen LogP contribution in [-0.4, -0.2) is 16.1 Å². The van der Waals surface area contributed by atoms with Gasteiger partial charge in [-0.15, -0.1) is 0 Å². The summed E-state index contributed by atoms with van der Waals surface area (Å²) in [4.78, 5) is 0. The summed E-state index contributed by atoms with van der Waals surface area (Å²) in [5, 5.41) is 3.04. The molecule has 0 heterocycles. The molecule has 0 aliphatic heterocycles. The van der Waals surface area contributed by atoms with Gasteiger partial charge in [0.25, 0.3) is 0 Å². The Morgan fingerprint density at radius 1 is 0.941 bits per heavy atom. The van der Waals surface area contributed by atoms with Gasteiger partial charge in [0.2, 0.25) is 0 Å². The van der Waals surface area contributed by atoms with Crippen LogP contribution in [0.4, 0.5) is 0 Å². The van der Waals surface area contributed by atoms with Crippen molar-refractivity contribution in [1.29, 1.82) is 0 Å². The molecule has 0 amide bonds.